The van der Waals surface area contributed by atoms with Crippen molar-refractivity contribution in [3.63, 3.8) is 0 Å². The van der Waals surface area contributed by atoms with Gasteiger partial charge in [-0.2, -0.15) is 5.10 Å². The summed E-state index contributed by atoms with van der Waals surface area (Å²) in [6.07, 6.45) is 6.82. The average Bonchev–Trinajstić information content (AvgIpc) is 2.55. The maximum Gasteiger partial charge on any atom is 0.259 e. The van der Waals surface area contributed by atoms with Gasteiger partial charge >= 0.3 is 0 Å². The van der Waals surface area contributed by atoms with Crippen molar-refractivity contribution in [2.45, 2.75) is 32.1 Å². The van der Waals surface area contributed by atoms with Gasteiger partial charge in [0.05, 0.1) is 12.8 Å². The Kier molecular flexibility index (Phi) is 6.58. The van der Waals surface area contributed by atoms with Crippen LogP contribution >= 0.6 is 15.9 Å². The monoisotopic (exact) mass is 365 g/mol. The number of carbonyl (C=O) groups excluding carboxylic acids is 2. The molecule has 1 aromatic carbocycles. The van der Waals surface area contributed by atoms with Gasteiger partial charge in [-0.15, -0.1) is 0 Å². The first-order valence-electron chi connectivity index (χ1n) is 7.50. The zero-order valence-corrected chi connectivity index (χ0v) is 13.9. The predicted molar refractivity (Wildman–Crippen MR) is 89.5 cm³/mol. The molecule has 1 aliphatic carbocycles. The lowest BCUT2D eigenvalue weighted by atomic mass is 9.89. The fourth-order valence-electron chi connectivity index (χ4n) is 2.44. The Labute approximate surface area is 138 Å². The minimum Gasteiger partial charge on any atom is -0.347 e. The summed E-state index contributed by atoms with van der Waals surface area (Å²) in [7, 11) is 0. The van der Waals surface area contributed by atoms with E-state index in [1.54, 1.807) is 6.21 Å². The minimum absolute atomic E-state index is 0.0215. The molecule has 22 heavy (non-hydrogen) atoms. The zero-order chi connectivity index (χ0) is 15.8. The van der Waals surface area contributed by atoms with Crippen LogP contribution in [0, 0.1) is 5.92 Å². The number of halogens is 1. The molecule has 1 aliphatic rings. The third kappa shape index (κ3) is 5.60. The Morgan fingerprint density at radius 3 is 2.55 bits per heavy atom. The third-order valence-electron chi connectivity index (χ3n) is 3.67. The molecule has 0 spiro atoms. The van der Waals surface area contributed by atoms with E-state index in [9.17, 15) is 9.59 Å². The minimum atomic E-state index is -0.322. The molecule has 0 heterocycles. The lowest BCUT2D eigenvalue weighted by Gasteiger charge is -2.20. The van der Waals surface area contributed by atoms with E-state index in [1.807, 2.05) is 24.3 Å². The first-order chi connectivity index (χ1) is 10.6. The lowest BCUT2D eigenvalue weighted by molar-refractivity contribution is -0.129. The maximum absolute atomic E-state index is 11.9. The SMILES string of the molecule is O=C(CNC(=O)C1CCCCC1)N/N=C/c1ccc(Br)cc1. The molecule has 0 unspecified atom stereocenters. The lowest BCUT2D eigenvalue weighted by Crippen LogP contribution is -2.38. The highest BCUT2D eigenvalue weighted by Gasteiger charge is 2.21. The van der Waals surface area contributed by atoms with E-state index in [4.69, 9.17) is 0 Å². The molecule has 0 aromatic heterocycles. The summed E-state index contributed by atoms with van der Waals surface area (Å²) < 4.78 is 0.985. The molecule has 118 valence electrons. The second kappa shape index (κ2) is 8.68. The van der Waals surface area contributed by atoms with Crippen LogP contribution in [-0.2, 0) is 9.59 Å². The normalized spacial score (nSPS) is 15.7. The molecule has 2 amide bonds. The fourth-order valence-corrected chi connectivity index (χ4v) is 2.71. The highest BCUT2D eigenvalue weighted by atomic mass is 79.9. The van der Waals surface area contributed by atoms with Crippen LogP contribution in [0.15, 0.2) is 33.8 Å². The first kappa shape index (κ1) is 16.7. The van der Waals surface area contributed by atoms with Gasteiger partial charge in [-0.3, -0.25) is 9.59 Å². The number of hydrazone groups is 1. The third-order valence-corrected chi connectivity index (χ3v) is 4.20. The average molecular weight is 366 g/mol. The Morgan fingerprint density at radius 2 is 1.86 bits per heavy atom. The van der Waals surface area contributed by atoms with E-state index >= 15 is 0 Å². The molecule has 1 saturated carbocycles. The van der Waals surface area contributed by atoms with Gasteiger partial charge < -0.3 is 5.32 Å². The van der Waals surface area contributed by atoms with Crippen LogP contribution < -0.4 is 10.7 Å². The number of carbonyl (C=O) groups is 2. The Balaban J connectivity index is 1.69. The Bertz CT molecular complexity index is 537. The van der Waals surface area contributed by atoms with Gasteiger partial charge in [0.25, 0.3) is 5.91 Å². The largest absolute Gasteiger partial charge is 0.347 e. The van der Waals surface area contributed by atoms with Gasteiger partial charge in [0.15, 0.2) is 0 Å². The fraction of sp³-hybridized carbons (Fsp3) is 0.438. The van der Waals surface area contributed by atoms with Crippen LogP contribution in [0.25, 0.3) is 0 Å². The molecule has 0 radical (unpaired) electrons. The van der Waals surface area contributed by atoms with E-state index < -0.39 is 0 Å². The molecule has 1 aromatic rings. The van der Waals surface area contributed by atoms with E-state index in [0.717, 1.165) is 35.7 Å². The van der Waals surface area contributed by atoms with Crippen molar-refractivity contribution in [3.05, 3.63) is 34.3 Å². The summed E-state index contributed by atoms with van der Waals surface area (Å²) in [5.74, 6) is -0.280. The van der Waals surface area contributed by atoms with Crippen molar-refractivity contribution in [1.29, 1.82) is 0 Å². The van der Waals surface area contributed by atoms with Crippen molar-refractivity contribution in [2.75, 3.05) is 6.54 Å². The van der Waals surface area contributed by atoms with E-state index in [-0.39, 0.29) is 24.3 Å². The van der Waals surface area contributed by atoms with Crippen LogP contribution in [0.4, 0.5) is 0 Å². The summed E-state index contributed by atoms with van der Waals surface area (Å²) in [5.41, 5.74) is 3.29. The van der Waals surface area contributed by atoms with Crippen LogP contribution in [-0.4, -0.2) is 24.6 Å². The van der Waals surface area contributed by atoms with Crippen molar-refractivity contribution < 1.29 is 9.59 Å². The van der Waals surface area contributed by atoms with E-state index in [2.05, 4.69) is 31.8 Å². The summed E-state index contributed by atoms with van der Waals surface area (Å²) in [5, 5.41) is 6.55. The van der Waals surface area contributed by atoms with Gasteiger partial charge in [0.1, 0.15) is 0 Å². The standard InChI is InChI=1S/C16H20BrN3O2/c17-14-8-6-12(7-9-14)10-19-20-15(21)11-18-16(22)13-4-2-1-3-5-13/h6-10,13H,1-5,11H2,(H,18,22)(H,20,21)/b19-10+. The molecule has 1 fully saturated rings. The zero-order valence-electron chi connectivity index (χ0n) is 12.3. The molecule has 2 N–H and O–H groups in total. The molecular weight excluding hydrogens is 346 g/mol. The Hall–Kier alpha value is -1.69. The number of benzene rings is 1. The molecule has 6 heteroatoms. The predicted octanol–water partition coefficient (Wildman–Crippen LogP) is 2.60. The van der Waals surface area contributed by atoms with Gasteiger partial charge in [0.2, 0.25) is 5.91 Å². The van der Waals surface area contributed by atoms with Crippen LogP contribution in [0.2, 0.25) is 0 Å². The molecular formula is C16H20BrN3O2. The van der Waals surface area contributed by atoms with Crippen molar-refractivity contribution in [1.82, 2.24) is 10.7 Å². The number of hydrogen-bond acceptors (Lipinski definition) is 3. The van der Waals surface area contributed by atoms with Gasteiger partial charge in [0, 0.05) is 10.4 Å². The van der Waals surface area contributed by atoms with Crippen molar-refractivity contribution in [3.8, 4) is 0 Å². The molecule has 5 nitrogen and oxygen atoms in total. The van der Waals surface area contributed by atoms with Crippen LogP contribution in [0.5, 0.6) is 0 Å². The van der Waals surface area contributed by atoms with E-state index in [0.29, 0.717) is 0 Å². The molecule has 0 aliphatic heterocycles. The van der Waals surface area contributed by atoms with Crippen LogP contribution in [0.1, 0.15) is 37.7 Å². The molecule has 2 rings (SSSR count). The highest BCUT2D eigenvalue weighted by Crippen LogP contribution is 2.23. The van der Waals surface area contributed by atoms with Crippen molar-refractivity contribution in [2.24, 2.45) is 11.0 Å². The summed E-state index contributed by atoms with van der Waals surface area (Å²) >= 11 is 3.35. The number of amides is 2. The smallest absolute Gasteiger partial charge is 0.259 e. The molecule has 0 bridgehead atoms. The Morgan fingerprint density at radius 1 is 1.18 bits per heavy atom. The molecule has 0 atom stereocenters. The number of hydrogen-bond donors (Lipinski definition) is 2. The summed E-state index contributed by atoms with van der Waals surface area (Å²) in [4.78, 5) is 23.5. The highest BCUT2D eigenvalue weighted by molar-refractivity contribution is 9.10. The number of nitrogens with zero attached hydrogens (tertiary/aromatic N) is 1. The second-order valence-electron chi connectivity index (χ2n) is 5.40. The number of rotatable bonds is 5. The van der Waals surface area contributed by atoms with Gasteiger partial charge in [-0.05, 0) is 30.5 Å². The van der Waals surface area contributed by atoms with Gasteiger partial charge in [-0.25, -0.2) is 5.43 Å². The molecule has 0 saturated heterocycles. The maximum atomic E-state index is 11.9. The van der Waals surface area contributed by atoms with E-state index in [1.165, 1.54) is 6.42 Å². The van der Waals surface area contributed by atoms with Crippen LogP contribution in [0.3, 0.4) is 0 Å². The topological polar surface area (TPSA) is 70.6 Å². The first-order valence-corrected chi connectivity index (χ1v) is 8.29. The van der Waals surface area contributed by atoms with Crippen molar-refractivity contribution >= 4 is 34.0 Å². The number of nitrogens with one attached hydrogen (secondary N) is 2. The quantitative estimate of drug-likeness (QED) is 0.621. The van der Waals surface area contributed by atoms with Gasteiger partial charge in [-0.1, -0.05) is 47.3 Å². The second-order valence-corrected chi connectivity index (χ2v) is 6.31. The summed E-state index contributed by atoms with van der Waals surface area (Å²) in [6.45, 7) is -0.0347. The summed E-state index contributed by atoms with van der Waals surface area (Å²) in [6, 6.07) is 7.55.